The molecule has 0 bridgehead atoms. The summed E-state index contributed by atoms with van der Waals surface area (Å²) in [6.45, 7) is 12.1. The number of rotatable bonds is 5. The van der Waals surface area contributed by atoms with Crippen molar-refractivity contribution in [2.45, 2.75) is 71.5 Å². The van der Waals surface area contributed by atoms with E-state index < -0.39 is 0 Å². The molecule has 1 N–H and O–H groups in total. The summed E-state index contributed by atoms with van der Waals surface area (Å²) >= 11 is 0. The Labute approximate surface area is 107 Å². The monoisotopic (exact) mass is 238 g/mol. The van der Waals surface area contributed by atoms with E-state index in [9.17, 15) is 0 Å². The van der Waals surface area contributed by atoms with Gasteiger partial charge in [-0.05, 0) is 64.5 Å². The Morgan fingerprint density at radius 1 is 1.18 bits per heavy atom. The summed E-state index contributed by atoms with van der Waals surface area (Å²) in [6.07, 6.45) is 5.57. The first-order chi connectivity index (χ1) is 8.08. The highest BCUT2D eigenvalue weighted by atomic mass is 15.2. The van der Waals surface area contributed by atoms with Crippen LogP contribution in [0.2, 0.25) is 0 Å². The third-order valence-electron chi connectivity index (χ3n) is 4.84. The Morgan fingerprint density at radius 3 is 2.47 bits per heavy atom. The van der Waals surface area contributed by atoms with E-state index >= 15 is 0 Å². The van der Waals surface area contributed by atoms with E-state index in [4.69, 9.17) is 0 Å². The van der Waals surface area contributed by atoms with Crippen molar-refractivity contribution in [3.8, 4) is 0 Å². The number of nitrogens with zero attached hydrogens (tertiary/aromatic N) is 1. The van der Waals surface area contributed by atoms with Crippen molar-refractivity contribution in [1.29, 1.82) is 0 Å². The maximum Gasteiger partial charge on any atom is 0.0107 e. The standard InChI is InChI=1S/C15H30N2/c1-11-7-8-17(13(3)9-11)14(4)12(2)10-16-15-5-6-15/h11-16H,5-10H2,1-4H3. The normalized spacial score (nSPS) is 34.6. The number of hydrogen-bond donors (Lipinski definition) is 1. The van der Waals surface area contributed by atoms with Crippen LogP contribution in [0.4, 0.5) is 0 Å². The van der Waals surface area contributed by atoms with Crippen LogP contribution in [0.15, 0.2) is 0 Å². The first-order valence-corrected chi connectivity index (χ1v) is 7.57. The highest BCUT2D eigenvalue weighted by Crippen LogP contribution is 2.26. The molecule has 0 aromatic rings. The van der Waals surface area contributed by atoms with Crippen LogP contribution < -0.4 is 5.32 Å². The van der Waals surface area contributed by atoms with Crippen molar-refractivity contribution in [3.05, 3.63) is 0 Å². The van der Waals surface area contributed by atoms with Crippen LogP contribution in [-0.2, 0) is 0 Å². The van der Waals surface area contributed by atoms with Gasteiger partial charge in [-0.15, -0.1) is 0 Å². The molecule has 2 nitrogen and oxygen atoms in total. The molecule has 2 rings (SSSR count). The van der Waals surface area contributed by atoms with Crippen molar-refractivity contribution in [1.82, 2.24) is 10.2 Å². The molecule has 2 heteroatoms. The van der Waals surface area contributed by atoms with E-state index in [1.807, 2.05) is 0 Å². The highest BCUT2D eigenvalue weighted by Gasteiger charge is 2.30. The molecule has 2 fully saturated rings. The molecule has 17 heavy (non-hydrogen) atoms. The molecule has 1 heterocycles. The van der Waals surface area contributed by atoms with Gasteiger partial charge >= 0.3 is 0 Å². The predicted octanol–water partition coefficient (Wildman–Crippen LogP) is 2.88. The van der Waals surface area contributed by atoms with Crippen molar-refractivity contribution in [2.24, 2.45) is 11.8 Å². The molecule has 1 aliphatic heterocycles. The summed E-state index contributed by atoms with van der Waals surface area (Å²) in [5.41, 5.74) is 0. The maximum atomic E-state index is 3.67. The van der Waals surface area contributed by atoms with Crippen LogP contribution in [0, 0.1) is 11.8 Å². The number of likely N-dealkylation sites (tertiary alicyclic amines) is 1. The second kappa shape index (κ2) is 5.71. The zero-order valence-electron chi connectivity index (χ0n) is 12.1. The SMILES string of the molecule is CC1CCN(C(C)C(C)CNC2CC2)C(C)C1. The molecule has 0 spiro atoms. The fourth-order valence-corrected chi connectivity index (χ4v) is 3.17. The lowest BCUT2D eigenvalue weighted by molar-refractivity contribution is 0.0641. The summed E-state index contributed by atoms with van der Waals surface area (Å²) in [5.74, 6) is 1.69. The van der Waals surface area contributed by atoms with Gasteiger partial charge < -0.3 is 5.32 Å². The molecule has 0 aromatic heterocycles. The molecule has 100 valence electrons. The van der Waals surface area contributed by atoms with Crippen LogP contribution in [-0.4, -0.2) is 36.1 Å². The topological polar surface area (TPSA) is 15.3 Å². The zero-order chi connectivity index (χ0) is 12.4. The molecule has 2 aliphatic rings. The second-order valence-electron chi connectivity index (χ2n) is 6.62. The van der Waals surface area contributed by atoms with Crippen LogP contribution in [0.3, 0.4) is 0 Å². The van der Waals surface area contributed by atoms with Gasteiger partial charge in [-0.1, -0.05) is 13.8 Å². The van der Waals surface area contributed by atoms with Gasteiger partial charge in [0.25, 0.3) is 0 Å². The van der Waals surface area contributed by atoms with Gasteiger partial charge in [0.1, 0.15) is 0 Å². The summed E-state index contributed by atoms with van der Waals surface area (Å²) < 4.78 is 0. The van der Waals surface area contributed by atoms with Crippen molar-refractivity contribution >= 4 is 0 Å². The van der Waals surface area contributed by atoms with Gasteiger partial charge in [0.15, 0.2) is 0 Å². The van der Waals surface area contributed by atoms with E-state index in [1.54, 1.807) is 0 Å². The van der Waals surface area contributed by atoms with E-state index in [2.05, 4.69) is 37.9 Å². The lowest BCUT2D eigenvalue weighted by Crippen LogP contribution is -2.49. The van der Waals surface area contributed by atoms with Crippen LogP contribution >= 0.6 is 0 Å². The minimum Gasteiger partial charge on any atom is -0.314 e. The number of hydrogen-bond acceptors (Lipinski definition) is 2. The molecule has 1 saturated heterocycles. The molecular weight excluding hydrogens is 208 g/mol. The van der Waals surface area contributed by atoms with Gasteiger partial charge in [0.05, 0.1) is 0 Å². The Hall–Kier alpha value is -0.0800. The quantitative estimate of drug-likeness (QED) is 0.792. The predicted molar refractivity (Wildman–Crippen MR) is 74.2 cm³/mol. The molecule has 4 unspecified atom stereocenters. The van der Waals surface area contributed by atoms with E-state index in [0.717, 1.165) is 30.0 Å². The Kier molecular flexibility index (Phi) is 4.48. The lowest BCUT2D eigenvalue weighted by Gasteiger charge is -2.42. The molecule has 1 saturated carbocycles. The van der Waals surface area contributed by atoms with Crippen molar-refractivity contribution in [3.63, 3.8) is 0 Å². The second-order valence-corrected chi connectivity index (χ2v) is 6.62. The van der Waals surface area contributed by atoms with Gasteiger partial charge in [-0.2, -0.15) is 0 Å². The summed E-state index contributed by atoms with van der Waals surface area (Å²) in [4.78, 5) is 2.74. The average molecular weight is 238 g/mol. The van der Waals surface area contributed by atoms with Crippen LogP contribution in [0.25, 0.3) is 0 Å². The first-order valence-electron chi connectivity index (χ1n) is 7.57. The van der Waals surface area contributed by atoms with Crippen molar-refractivity contribution in [2.75, 3.05) is 13.1 Å². The molecular formula is C15H30N2. The number of nitrogens with one attached hydrogen (secondary N) is 1. The first kappa shape index (κ1) is 13.4. The fourth-order valence-electron chi connectivity index (χ4n) is 3.17. The summed E-state index contributed by atoms with van der Waals surface area (Å²) in [7, 11) is 0. The van der Waals surface area contributed by atoms with Gasteiger partial charge in [-0.25, -0.2) is 0 Å². The van der Waals surface area contributed by atoms with E-state index in [0.29, 0.717) is 0 Å². The van der Waals surface area contributed by atoms with E-state index in [1.165, 1.54) is 38.8 Å². The lowest BCUT2D eigenvalue weighted by atomic mass is 9.90. The van der Waals surface area contributed by atoms with Crippen LogP contribution in [0.1, 0.15) is 53.4 Å². The Morgan fingerprint density at radius 2 is 1.88 bits per heavy atom. The van der Waals surface area contributed by atoms with E-state index in [-0.39, 0.29) is 0 Å². The van der Waals surface area contributed by atoms with Crippen LogP contribution in [0.5, 0.6) is 0 Å². The molecule has 0 aromatic carbocycles. The van der Waals surface area contributed by atoms with Gasteiger partial charge in [-0.3, -0.25) is 4.90 Å². The third kappa shape index (κ3) is 3.69. The molecule has 4 atom stereocenters. The smallest absolute Gasteiger partial charge is 0.0107 e. The summed E-state index contributed by atoms with van der Waals surface area (Å²) in [6, 6.07) is 2.35. The molecule has 0 radical (unpaired) electrons. The maximum absolute atomic E-state index is 3.67. The fraction of sp³-hybridized carbons (Fsp3) is 1.00. The largest absolute Gasteiger partial charge is 0.314 e. The molecule has 0 amide bonds. The van der Waals surface area contributed by atoms with Gasteiger partial charge in [0, 0.05) is 18.1 Å². The summed E-state index contributed by atoms with van der Waals surface area (Å²) in [5, 5.41) is 3.67. The number of piperidine rings is 1. The third-order valence-corrected chi connectivity index (χ3v) is 4.84. The highest BCUT2D eigenvalue weighted by molar-refractivity contribution is 4.86. The Bertz CT molecular complexity index is 237. The molecule has 1 aliphatic carbocycles. The minimum absolute atomic E-state index is 0.726. The minimum atomic E-state index is 0.726. The average Bonchev–Trinajstić information content (AvgIpc) is 3.09. The zero-order valence-corrected chi connectivity index (χ0v) is 12.1. The van der Waals surface area contributed by atoms with Crippen molar-refractivity contribution < 1.29 is 0 Å². The Balaban J connectivity index is 1.78. The van der Waals surface area contributed by atoms with Gasteiger partial charge in [0.2, 0.25) is 0 Å².